The minimum Gasteiger partial charge on any atom is -0.294 e. The number of nitrogens with one attached hydrogen (secondary N) is 2. The summed E-state index contributed by atoms with van der Waals surface area (Å²) in [7, 11) is 0. The van der Waals surface area contributed by atoms with Crippen molar-refractivity contribution in [1.82, 2.24) is 15.2 Å². The Morgan fingerprint density at radius 3 is 2.52 bits per heavy atom. The molecule has 2 aromatic carbocycles. The molecule has 2 heterocycles. The quantitative estimate of drug-likeness (QED) is 0.636. The molecule has 0 saturated heterocycles. The number of rotatable bonds is 4. The van der Waals surface area contributed by atoms with E-state index in [0.29, 0.717) is 41.9 Å². The van der Waals surface area contributed by atoms with Gasteiger partial charge in [-0.1, -0.05) is 42.5 Å². The number of hydrazine groups is 1. The third-order valence-electron chi connectivity index (χ3n) is 6.04. The maximum absolute atomic E-state index is 13.5. The molecule has 0 spiro atoms. The molecule has 7 nitrogen and oxygen atoms in total. The van der Waals surface area contributed by atoms with Crippen molar-refractivity contribution in [1.29, 1.82) is 0 Å². The van der Waals surface area contributed by atoms with Gasteiger partial charge >= 0.3 is 0 Å². The van der Waals surface area contributed by atoms with E-state index < -0.39 is 11.5 Å². The average molecular weight is 444 g/mol. The van der Waals surface area contributed by atoms with Gasteiger partial charge in [-0.15, -0.1) is 0 Å². The Morgan fingerprint density at radius 2 is 1.76 bits per heavy atom. The van der Waals surface area contributed by atoms with Crippen LogP contribution >= 0.6 is 0 Å². The van der Waals surface area contributed by atoms with E-state index in [9.17, 15) is 18.8 Å². The number of nitrogens with zero attached hydrogens (tertiary/aromatic N) is 2. The van der Waals surface area contributed by atoms with Crippen LogP contribution < -0.4 is 11.0 Å². The molecule has 3 aromatic rings. The number of H-pyrrole nitrogens is 1. The number of carbonyl (C=O) groups excluding carboxylic acids is 2. The number of Topliss-reactive ketones (excluding diaryl/α,β-unsaturated/α-hetero) is 1. The van der Waals surface area contributed by atoms with Crippen LogP contribution in [-0.4, -0.2) is 26.9 Å². The molecule has 1 unspecified atom stereocenters. The molecule has 0 fully saturated rings. The van der Waals surface area contributed by atoms with Crippen molar-refractivity contribution in [2.24, 2.45) is 0 Å². The number of halogens is 1. The molecular weight excluding hydrogens is 423 g/mol. The molecule has 166 valence electrons. The van der Waals surface area contributed by atoms with E-state index in [0.717, 1.165) is 11.1 Å². The summed E-state index contributed by atoms with van der Waals surface area (Å²) in [4.78, 5) is 38.3. The lowest BCUT2D eigenvalue weighted by atomic mass is 9.78. The summed E-state index contributed by atoms with van der Waals surface area (Å²) >= 11 is 0. The number of hydrogen-bond acceptors (Lipinski definition) is 5. The van der Waals surface area contributed by atoms with Crippen molar-refractivity contribution in [2.45, 2.75) is 31.6 Å². The van der Waals surface area contributed by atoms with Crippen molar-refractivity contribution in [3.63, 3.8) is 0 Å². The number of hydrogen-bond donors (Lipinski definition) is 2. The monoisotopic (exact) mass is 444 g/mol. The van der Waals surface area contributed by atoms with Gasteiger partial charge in [-0.25, -0.2) is 14.5 Å². The minimum atomic E-state index is -0.426. The highest BCUT2D eigenvalue weighted by Crippen LogP contribution is 2.42. The molecule has 0 radical (unpaired) electrons. The normalized spacial score (nSPS) is 18.3. The first-order valence-corrected chi connectivity index (χ1v) is 10.8. The number of aromatic amines is 1. The minimum absolute atomic E-state index is 0.0165. The third-order valence-corrected chi connectivity index (χ3v) is 6.04. The Morgan fingerprint density at radius 1 is 1.00 bits per heavy atom. The van der Waals surface area contributed by atoms with Crippen LogP contribution in [0.25, 0.3) is 11.3 Å². The van der Waals surface area contributed by atoms with Crippen LogP contribution in [0.2, 0.25) is 0 Å². The number of benzene rings is 2. The summed E-state index contributed by atoms with van der Waals surface area (Å²) in [5, 5.41) is 7.99. The van der Waals surface area contributed by atoms with E-state index in [1.165, 1.54) is 23.2 Å². The van der Waals surface area contributed by atoms with E-state index in [-0.39, 0.29) is 23.9 Å². The van der Waals surface area contributed by atoms with Gasteiger partial charge in [-0.05, 0) is 30.5 Å². The first-order chi connectivity index (χ1) is 16.0. The first-order valence-electron chi connectivity index (χ1n) is 10.8. The second-order valence-corrected chi connectivity index (χ2v) is 8.15. The zero-order chi connectivity index (χ0) is 22.9. The van der Waals surface area contributed by atoms with Crippen molar-refractivity contribution < 1.29 is 14.0 Å². The van der Waals surface area contributed by atoms with Crippen LogP contribution in [0.5, 0.6) is 0 Å². The van der Waals surface area contributed by atoms with E-state index in [1.807, 2.05) is 30.3 Å². The second kappa shape index (κ2) is 8.46. The topological polar surface area (TPSA) is 95.2 Å². The smallest absolute Gasteiger partial charge is 0.266 e. The summed E-state index contributed by atoms with van der Waals surface area (Å²) in [6.45, 7) is 0. The fourth-order valence-corrected chi connectivity index (χ4v) is 4.53. The Hall–Kier alpha value is -4.07. The van der Waals surface area contributed by atoms with E-state index in [1.54, 1.807) is 12.1 Å². The van der Waals surface area contributed by atoms with Gasteiger partial charge in [0.1, 0.15) is 11.5 Å². The van der Waals surface area contributed by atoms with Crippen LogP contribution in [0.15, 0.2) is 76.7 Å². The van der Waals surface area contributed by atoms with E-state index in [4.69, 9.17) is 0 Å². The van der Waals surface area contributed by atoms with Crippen molar-refractivity contribution in [2.75, 3.05) is 5.43 Å². The maximum atomic E-state index is 13.5. The lowest BCUT2D eigenvalue weighted by Crippen LogP contribution is -2.43. The van der Waals surface area contributed by atoms with Gasteiger partial charge in [-0.2, -0.15) is 5.10 Å². The fourth-order valence-electron chi connectivity index (χ4n) is 4.53. The number of ketones is 1. The zero-order valence-electron chi connectivity index (χ0n) is 17.7. The Labute approximate surface area is 188 Å². The van der Waals surface area contributed by atoms with Gasteiger partial charge in [0.05, 0.1) is 11.4 Å². The second-order valence-electron chi connectivity index (χ2n) is 8.15. The largest absolute Gasteiger partial charge is 0.294 e. The molecule has 2 N–H and O–H groups in total. The van der Waals surface area contributed by atoms with Gasteiger partial charge < -0.3 is 0 Å². The predicted molar refractivity (Wildman–Crippen MR) is 120 cm³/mol. The van der Waals surface area contributed by atoms with Crippen molar-refractivity contribution in [3.8, 4) is 11.3 Å². The van der Waals surface area contributed by atoms with Crippen molar-refractivity contribution >= 4 is 17.4 Å². The highest BCUT2D eigenvalue weighted by Gasteiger charge is 2.39. The SMILES string of the molecule is O=C1CCCC2=C1C(c1ccc(F)cc1)CC(=O)N2Nc1cc(=O)[nH]nc1-c1ccccc1. The van der Waals surface area contributed by atoms with Gasteiger partial charge in [0.2, 0.25) is 5.91 Å². The van der Waals surface area contributed by atoms with Crippen LogP contribution in [0.4, 0.5) is 10.1 Å². The summed E-state index contributed by atoms with van der Waals surface area (Å²) in [5.41, 5.74) is 6.15. The van der Waals surface area contributed by atoms with E-state index >= 15 is 0 Å². The lowest BCUT2D eigenvalue weighted by Gasteiger charge is -2.38. The molecule has 1 aliphatic carbocycles. The molecular formula is C25H21FN4O3. The Bertz CT molecular complexity index is 1320. The highest BCUT2D eigenvalue weighted by atomic mass is 19.1. The van der Waals surface area contributed by atoms with E-state index in [2.05, 4.69) is 15.6 Å². The third kappa shape index (κ3) is 3.95. The molecule has 0 saturated carbocycles. The summed E-state index contributed by atoms with van der Waals surface area (Å²) < 4.78 is 13.5. The Balaban J connectivity index is 1.58. The lowest BCUT2D eigenvalue weighted by molar-refractivity contribution is -0.130. The predicted octanol–water partition coefficient (Wildman–Crippen LogP) is 3.93. The molecule has 1 aliphatic heterocycles. The fraction of sp³-hybridized carbons (Fsp3) is 0.200. The first kappa shape index (κ1) is 20.8. The molecule has 1 aromatic heterocycles. The highest BCUT2D eigenvalue weighted by molar-refractivity contribution is 6.01. The molecule has 5 rings (SSSR count). The standard InChI is InChI=1S/C25H21FN4O3/c26-17-11-9-15(10-12-17)18-13-23(33)30(20-7-4-8-21(31)24(18)20)29-19-14-22(32)27-28-25(19)16-5-2-1-3-6-16/h1-3,5-6,9-12,14,18H,4,7-8,13H2,(H2,27,29,32). The number of carbonyl (C=O) groups is 2. The molecule has 1 amide bonds. The van der Waals surface area contributed by atoms with Gasteiger partial charge in [-0.3, -0.25) is 19.8 Å². The maximum Gasteiger partial charge on any atom is 0.266 e. The average Bonchev–Trinajstić information content (AvgIpc) is 2.82. The number of aromatic nitrogens is 2. The number of amides is 1. The summed E-state index contributed by atoms with van der Waals surface area (Å²) in [6, 6.07) is 16.5. The Kier molecular flexibility index (Phi) is 5.34. The molecule has 1 atom stereocenters. The summed E-state index contributed by atoms with van der Waals surface area (Å²) in [6.07, 6.45) is 1.62. The molecule has 33 heavy (non-hydrogen) atoms. The van der Waals surface area contributed by atoms with Crippen molar-refractivity contribution in [3.05, 3.63) is 93.7 Å². The number of anilines is 1. The zero-order valence-corrected chi connectivity index (χ0v) is 17.7. The van der Waals surface area contributed by atoms with Gasteiger partial charge in [0, 0.05) is 36.0 Å². The number of allylic oxidation sites excluding steroid dienone is 2. The van der Waals surface area contributed by atoms with Crippen LogP contribution in [0.1, 0.15) is 37.2 Å². The van der Waals surface area contributed by atoms with Crippen LogP contribution in [0.3, 0.4) is 0 Å². The van der Waals surface area contributed by atoms with Crippen LogP contribution in [0, 0.1) is 5.82 Å². The van der Waals surface area contributed by atoms with Gasteiger partial charge in [0.15, 0.2) is 5.78 Å². The van der Waals surface area contributed by atoms with Crippen LogP contribution in [-0.2, 0) is 9.59 Å². The molecule has 0 bridgehead atoms. The molecule has 2 aliphatic rings. The summed E-state index contributed by atoms with van der Waals surface area (Å²) in [5.74, 6) is -1.05. The van der Waals surface area contributed by atoms with Gasteiger partial charge in [0.25, 0.3) is 5.56 Å². The molecule has 8 heteroatoms.